The van der Waals surface area contributed by atoms with E-state index in [1.54, 1.807) is 0 Å². The molecule has 0 heterocycles. The second-order valence-corrected chi connectivity index (χ2v) is 6.71. The van der Waals surface area contributed by atoms with Gasteiger partial charge in [0.05, 0.1) is 15.5 Å². The molecule has 134 valence electrons. The van der Waals surface area contributed by atoms with Gasteiger partial charge < -0.3 is 9.84 Å². The van der Waals surface area contributed by atoms with Crippen molar-refractivity contribution < 1.29 is 36.2 Å². The molecular formula is C14H9ClF3NO5S. The van der Waals surface area contributed by atoms with E-state index in [1.807, 2.05) is 0 Å². The molecule has 0 bridgehead atoms. The lowest BCUT2D eigenvalue weighted by Crippen LogP contribution is -2.17. The summed E-state index contributed by atoms with van der Waals surface area (Å²) in [6.45, 7) is 0. The lowest BCUT2D eigenvalue weighted by molar-refractivity contribution is -0.274. The van der Waals surface area contributed by atoms with Gasteiger partial charge in [0.15, 0.2) is 0 Å². The van der Waals surface area contributed by atoms with Crippen molar-refractivity contribution in [2.45, 2.75) is 11.3 Å². The highest BCUT2D eigenvalue weighted by molar-refractivity contribution is 7.92. The molecule has 0 aliphatic carbocycles. The van der Waals surface area contributed by atoms with Gasteiger partial charge in [-0.3, -0.25) is 4.72 Å². The van der Waals surface area contributed by atoms with Gasteiger partial charge in [0, 0.05) is 5.69 Å². The number of hydrogen-bond acceptors (Lipinski definition) is 4. The van der Waals surface area contributed by atoms with Crippen LogP contribution >= 0.6 is 11.6 Å². The maximum Gasteiger partial charge on any atom is 0.573 e. The summed E-state index contributed by atoms with van der Waals surface area (Å²) < 4.78 is 66.5. The summed E-state index contributed by atoms with van der Waals surface area (Å²) in [5, 5.41) is 8.82. The highest BCUT2D eigenvalue weighted by Crippen LogP contribution is 2.26. The van der Waals surface area contributed by atoms with Gasteiger partial charge in [0.1, 0.15) is 5.75 Å². The maximum absolute atomic E-state index is 12.2. The number of carboxylic acid groups (broad SMARTS) is 1. The van der Waals surface area contributed by atoms with E-state index in [2.05, 4.69) is 9.46 Å². The fraction of sp³-hybridized carbons (Fsp3) is 0.0714. The van der Waals surface area contributed by atoms with Crippen LogP contribution in [0.3, 0.4) is 0 Å². The second-order valence-electron chi connectivity index (χ2n) is 4.62. The number of sulfonamides is 1. The van der Waals surface area contributed by atoms with E-state index in [1.165, 1.54) is 0 Å². The summed E-state index contributed by atoms with van der Waals surface area (Å²) >= 11 is 5.67. The van der Waals surface area contributed by atoms with Gasteiger partial charge in [-0.15, -0.1) is 13.2 Å². The Morgan fingerprint density at radius 3 is 2.24 bits per heavy atom. The van der Waals surface area contributed by atoms with Gasteiger partial charge >= 0.3 is 12.3 Å². The smallest absolute Gasteiger partial charge is 0.478 e. The van der Waals surface area contributed by atoms with Gasteiger partial charge in [-0.05, 0) is 42.5 Å². The molecule has 0 saturated heterocycles. The number of rotatable bonds is 5. The van der Waals surface area contributed by atoms with E-state index in [0.29, 0.717) is 0 Å². The van der Waals surface area contributed by atoms with E-state index in [9.17, 15) is 26.4 Å². The van der Waals surface area contributed by atoms with Crippen LogP contribution in [-0.4, -0.2) is 25.9 Å². The fourth-order valence-corrected chi connectivity index (χ4v) is 3.06. The Hall–Kier alpha value is -2.46. The van der Waals surface area contributed by atoms with Gasteiger partial charge in [-0.2, -0.15) is 0 Å². The van der Waals surface area contributed by atoms with Crippen molar-refractivity contribution in [3.63, 3.8) is 0 Å². The molecule has 11 heteroatoms. The molecule has 0 aliphatic rings. The fourth-order valence-electron chi connectivity index (χ4n) is 1.77. The largest absolute Gasteiger partial charge is 0.573 e. The molecule has 2 rings (SSSR count). The summed E-state index contributed by atoms with van der Waals surface area (Å²) in [7, 11) is -4.17. The number of ether oxygens (including phenoxy) is 1. The number of carboxylic acids is 1. The number of carbonyl (C=O) groups is 1. The molecule has 2 N–H and O–H groups in total. The average molecular weight is 396 g/mol. The predicted octanol–water partition coefficient (Wildman–Crippen LogP) is 3.74. The van der Waals surface area contributed by atoms with Gasteiger partial charge in [0.25, 0.3) is 10.0 Å². The van der Waals surface area contributed by atoms with Crippen molar-refractivity contribution in [1.82, 2.24) is 0 Å². The number of anilines is 1. The van der Waals surface area contributed by atoms with Crippen LogP contribution in [-0.2, 0) is 10.0 Å². The molecule has 0 aromatic heterocycles. The Balaban J connectivity index is 2.24. The molecule has 0 radical (unpaired) electrons. The molecule has 2 aromatic carbocycles. The topological polar surface area (TPSA) is 92.7 Å². The number of hydrogen-bond donors (Lipinski definition) is 2. The lowest BCUT2D eigenvalue weighted by Gasteiger charge is -2.11. The number of halogens is 4. The summed E-state index contributed by atoms with van der Waals surface area (Å²) in [6.07, 6.45) is -4.86. The number of benzene rings is 2. The van der Waals surface area contributed by atoms with Crippen molar-refractivity contribution in [2.24, 2.45) is 0 Å². The van der Waals surface area contributed by atoms with Crippen molar-refractivity contribution >= 4 is 33.3 Å². The Morgan fingerprint density at radius 1 is 1.12 bits per heavy atom. The van der Waals surface area contributed by atoms with Crippen LogP contribution in [0.5, 0.6) is 5.75 Å². The number of nitrogens with one attached hydrogen (secondary N) is 1. The summed E-state index contributed by atoms with van der Waals surface area (Å²) in [5.74, 6) is -1.93. The predicted molar refractivity (Wildman–Crippen MR) is 82.3 cm³/mol. The SMILES string of the molecule is O=C(O)c1cc(S(=O)(=O)Nc2ccc(OC(F)(F)F)cc2)ccc1Cl. The van der Waals surface area contributed by atoms with Gasteiger partial charge in [-0.1, -0.05) is 11.6 Å². The lowest BCUT2D eigenvalue weighted by atomic mass is 10.2. The van der Waals surface area contributed by atoms with Crippen LogP contribution in [0.1, 0.15) is 10.4 Å². The standard InChI is InChI=1S/C14H9ClF3NO5S/c15-12-6-5-10(7-11(12)13(20)21)25(22,23)19-8-1-3-9(4-2-8)24-14(16,17)18/h1-7,19H,(H,20,21). The van der Waals surface area contributed by atoms with Crippen LogP contribution in [0.25, 0.3) is 0 Å². The highest BCUT2D eigenvalue weighted by Gasteiger charge is 2.31. The van der Waals surface area contributed by atoms with Crippen molar-refractivity contribution in [3.8, 4) is 5.75 Å². The van der Waals surface area contributed by atoms with Crippen LogP contribution in [0.4, 0.5) is 18.9 Å². The molecule has 2 aromatic rings. The van der Waals surface area contributed by atoms with E-state index < -0.39 is 33.7 Å². The first-order valence-electron chi connectivity index (χ1n) is 6.39. The highest BCUT2D eigenvalue weighted by atomic mass is 35.5. The van der Waals surface area contributed by atoms with E-state index in [-0.39, 0.29) is 15.6 Å². The summed E-state index contributed by atoms with van der Waals surface area (Å²) in [6, 6.07) is 7.05. The van der Waals surface area contributed by atoms with Crippen molar-refractivity contribution in [3.05, 3.63) is 53.1 Å². The molecule has 0 saturated carbocycles. The van der Waals surface area contributed by atoms with Crippen LogP contribution in [0, 0.1) is 0 Å². The zero-order chi connectivity index (χ0) is 18.8. The van der Waals surface area contributed by atoms with E-state index in [4.69, 9.17) is 16.7 Å². The van der Waals surface area contributed by atoms with Gasteiger partial charge in [0.2, 0.25) is 0 Å². The third-order valence-corrected chi connectivity index (χ3v) is 4.53. The minimum atomic E-state index is -4.86. The van der Waals surface area contributed by atoms with Crippen molar-refractivity contribution in [2.75, 3.05) is 4.72 Å². The average Bonchev–Trinajstić information content (AvgIpc) is 2.47. The summed E-state index contributed by atoms with van der Waals surface area (Å²) in [4.78, 5) is 10.6. The second kappa shape index (κ2) is 6.81. The van der Waals surface area contributed by atoms with E-state index >= 15 is 0 Å². The van der Waals surface area contributed by atoms with Crippen LogP contribution in [0.2, 0.25) is 5.02 Å². The molecule has 0 spiro atoms. The first-order chi connectivity index (χ1) is 11.5. The van der Waals surface area contributed by atoms with Gasteiger partial charge in [-0.25, -0.2) is 13.2 Å². The molecule has 25 heavy (non-hydrogen) atoms. The van der Waals surface area contributed by atoms with E-state index in [0.717, 1.165) is 42.5 Å². The number of aromatic carboxylic acids is 1. The first kappa shape index (κ1) is 18.9. The third kappa shape index (κ3) is 5.00. The zero-order valence-electron chi connectivity index (χ0n) is 12.0. The first-order valence-corrected chi connectivity index (χ1v) is 8.25. The van der Waals surface area contributed by atoms with Crippen LogP contribution in [0.15, 0.2) is 47.4 Å². The molecule has 0 aliphatic heterocycles. The Morgan fingerprint density at radius 2 is 1.72 bits per heavy atom. The quantitative estimate of drug-likeness (QED) is 0.804. The molecular weight excluding hydrogens is 387 g/mol. The minimum absolute atomic E-state index is 0.0404. The molecule has 6 nitrogen and oxygen atoms in total. The maximum atomic E-state index is 12.2. The Labute approximate surface area is 144 Å². The third-order valence-electron chi connectivity index (χ3n) is 2.82. The zero-order valence-corrected chi connectivity index (χ0v) is 13.6. The monoisotopic (exact) mass is 395 g/mol. The number of alkyl halides is 3. The minimum Gasteiger partial charge on any atom is -0.478 e. The molecule has 0 fully saturated rings. The molecule has 0 unspecified atom stereocenters. The Bertz CT molecular complexity index is 898. The Kier molecular flexibility index (Phi) is 5.14. The summed E-state index contributed by atoms with van der Waals surface area (Å²) in [5.41, 5.74) is -0.445. The molecule has 0 amide bonds. The van der Waals surface area contributed by atoms with Crippen molar-refractivity contribution in [1.29, 1.82) is 0 Å². The normalized spacial score (nSPS) is 11.8. The van der Waals surface area contributed by atoms with Crippen LogP contribution < -0.4 is 9.46 Å². The molecule has 0 atom stereocenters.